The highest BCUT2D eigenvalue weighted by Crippen LogP contribution is 2.11. The van der Waals surface area contributed by atoms with Crippen LogP contribution in [0.2, 0.25) is 0 Å². The lowest BCUT2D eigenvalue weighted by atomic mass is 10.1. The van der Waals surface area contributed by atoms with Crippen molar-refractivity contribution in [3.63, 3.8) is 0 Å². The van der Waals surface area contributed by atoms with E-state index in [1.165, 1.54) is 5.56 Å². The highest BCUT2D eigenvalue weighted by Gasteiger charge is 2.16. The predicted molar refractivity (Wildman–Crippen MR) is 98.4 cm³/mol. The van der Waals surface area contributed by atoms with Gasteiger partial charge in [0.15, 0.2) is 5.82 Å². The van der Waals surface area contributed by atoms with Crippen molar-refractivity contribution in [2.45, 2.75) is 32.6 Å². The number of hydrogen-bond donors (Lipinski definition) is 2. The van der Waals surface area contributed by atoms with Gasteiger partial charge in [0.2, 0.25) is 0 Å². The van der Waals surface area contributed by atoms with Gasteiger partial charge in [-0.25, -0.2) is 4.79 Å². The van der Waals surface area contributed by atoms with Gasteiger partial charge in [-0.2, -0.15) is 5.21 Å². The molecule has 0 aliphatic heterocycles. The minimum atomic E-state index is -0.609. The molecule has 0 fully saturated rings. The van der Waals surface area contributed by atoms with Crippen molar-refractivity contribution in [3.8, 4) is 0 Å². The van der Waals surface area contributed by atoms with Crippen LogP contribution < -0.4 is 10.9 Å². The third kappa shape index (κ3) is 5.10. The van der Waals surface area contributed by atoms with Crippen LogP contribution in [0.25, 0.3) is 0 Å². The van der Waals surface area contributed by atoms with Gasteiger partial charge in [0.1, 0.15) is 11.3 Å². The van der Waals surface area contributed by atoms with Crippen molar-refractivity contribution in [2.75, 3.05) is 6.54 Å². The second-order valence-electron chi connectivity index (χ2n) is 6.23. The quantitative estimate of drug-likeness (QED) is 0.625. The zero-order valence-corrected chi connectivity index (χ0v) is 15.1. The van der Waals surface area contributed by atoms with Crippen molar-refractivity contribution in [1.82, 2.24) is 25.9 Å². The van der Waals surface area contributed by atoms with Crippen LogP contribution in [0, 0.1) is 6.92 Å². The molecule has 0 aliphatic carbocycles. The number of aryl methyl sites for hydroxylation is 3. The minimum absolute atomic E-state index is 0.0370. The number of H-pyrrole nitrogens is 1. The largest absolute Gasteiger partial charge is 0.427 e. The van der Waals surface area contributed by atoms with Crippen molar-refractivity contribution in [3.05, 3.63) is 75.1 Å². The number of nitrogens with zero attached hydrogens (tertiary/aromatic N) is 3. The van der Waals surface area contributed by atoms with Gasteiger partial charge in [0.25, 0.3) is 5.91 Å². The average molecular weight is 367 g/mol. The molecule has 2 heterocycles. The van der Waals surface area contributed by atoms with Crippen LogP contribution in [0.3, 0.4) is 0 Å². The molecule has 3 aromatic rings. The van der Waals surface area contributed by atoms with Crippen LogP contribution >= 0.6 is 0 Å². The molecule has 8 nitrogen and oxygen atoms in total. The second kappa shape index (κ2) is 8.88. The molecule has 0 radical (unpaired) electrons. The third-order valence-corrected chi connectivity index (χ3v) is 4.18. The Labute approximate surface area is 156 Å². The number of tetrazole rings is 1. The van der Waals surface area contributed by atoms with Gasteiger partial charge in [-0.15, -0.1) is 10.2 Å². The van der Waals surface area contributed by atoms with Crippen LogP contribution in [-0.4, -0.2) is 33.1 Å². The molecule has 0 saturated heterocycles. The number of amides is 1. The number of benzene rings is 1. The molecule has 27 heavy (non-hydrogen) atoms. The van der Waals surface area contributed by atoms with E-state index in [0.717, 1.165) is 12.8 Å². The molecule has 0 aliphatic rings. The zero-order chi connectivity index (χ0) is 19.1. The predicted octanol–water partition coefficient (Wildman–Crippen LogP) is 1.61. The number of hydrogen-bond acceptors (Lipinski definition) is 6. The van der Waals surface area contributed by atoms with Crippen LogP contribution in [-0.2, 0) is 19.3 Å². The smallest absolute Gasteiger partial charge is 0.349 e. The van der Waals surface area contributed by atoms with Gasteiger partial charge in [-0.1, -0.05) is 35.5 Å². The maximum absolute atomic E-state index is 12.3. The summed E-state index contributed by atoms with van der Waals surface area (Å²) in [5, 5.41) is 16.1. The van der Waals surface area contributed by atoms with Gasteiger partial charge in [0, 0.05) is 19.4 Å². The maximum atomic E-state index is 12.3. The standard InChI is InChI=1S/C19H21N5O3/c1-13-12-15(9-5-8-14-6-3-2-4-7-14)27-19(26)17(13)18(25)20-11-10-16-21-23-24-22-16/h2-4,6-7,12H,5,8-11H2,1H3,(H,20,25)(H,21,22,23,24). The molecule has 0 saturated carbocycles. The fourth-order valence-electron chi connectivity index (χ4n) is 2.85. The molecule has 8 heteroatoms. The number of rotatable bonds is 8. The van der Waals surface area contributed by atoms with Gasteiger partial charge in [-0.05, 0) is 37.0 Å². The van der Waals surface area contributed by atoms with Gasteiger partial charge in [-0.3, -0.25) is 4.79 Å². The second-order valence-corrected chi connectivity index (χ2v) is 6.23. The average Bonchev–Trinajstić information content (AvgIpc) is 3.15. The molecule has 1 aromatic carbocycles. The third-order valence-electron chi connectivity index (χ3n) is 4.18. The minimum Gasteiger partial charge on any atom is -0.427 e. The topological polar surface area (TPSA) is 114 Å². The summed E-state index contributed by atoms with van der Waals surface area (Å²) in [4.78, 5) is 24.5. The molecule has 0 unspecified atom stereocenters. The fraction of sp³-hybridized carbons (Fsp3) is 0.316. The Kier molecular flexibility index (Phi) is 6.09. The Hall–Kier alpha value is -3.29. The van der Waals surface area contributed by atoms with Crippen LogP contribution in [0.5, 0.6) is 0 Å². The normalized spacial score (nSPS) is 10.7. The van der Waals surface area contributed by atoms with E-state index in [1.807, 2.05) is 18.2 Å². The first-order chi connectivity index (χ1) is 13.1. The number of aromatic amines is 1. The Bertz CT molecular complexity index is 936. The van der Waals surface area contributed by atoms with E-state index in [9.17, 15) is 9.59 Å². The summed E-state index contributed by atoms with van der Waals surface area (Å²) < 4.78 is 5.34. The van der Waals surface area contributed by atoms with Crippen molar-refractivity contribution < 1.29 is 9.21 Å². The molecule has 140 valence electrons. The molecule has 3 rings (SSSR count). The van der Waals surface area contributed by atoms with E-state index < -0.39 is 11.5 Å². The van der Waals surface area contributed by atoms with Gasteiger partial charge < -0.3 is 9.73 Å². The van der Waals surface area contributed by atoms with Crippen molar-refractivity contribution in [1.29, 1.82) is 0 Å². The van der Waals surface area contributed by atoms with Crippen molar-refractivity contribution in [2.24, 2.45) is 0 Å². The van der Waals surface area contributed by atoms with E-state index in [2.05, 4.69) is 38.1 Å². The first-order valence-electron chi connectivity index (χ1n) is 8.81. The molecule has 0 spiro atoms. The maximum Gasteiger partial charge on any atom is 0.349 e. The zero-order valence-electron chi connectivity index (χ0n) is 15.1. The van der Waals surface area contributed by atoms with E-state index in [1.54, 1.807) is 13.0 Å². The SMILES string of the molecule is Cc1cc(CCCc2ccccc2)oc(=O)c1C(=O)NCCc1nn[nH]n1. The molecule has 2 N–H and O–H groups in total. The number of nitrogens with one attached hydrogen (secondary N) is 2. The first-order valence-corrected chi connectivity index (χ1v) is 8.81. The lowest BCUT2D eigenvalue weighted by Gasteiger charge is -2.07. The van der Waals surface area contributed by atoms with Crippen LogP contribution in [0.4, 0.5) is 0 Å². The molecule has 0 atom stereocenters. The number of carbonyl (C=O) groups is 1. The Morgan fingerprint density at radius 1 is 1.19 bits per heavy atom. The number of aromatic nitrogens is 4. The highest BCUT2D eigenvalue weighted by atomic mass is 16.4. The fourth-order valence-corrected chi connectivity index (χ4v) is 2.85. The van der Waals surface area contributed by atoms with E-state index in [0.29, 0.717) is 36.5 Å². The molecule has 1 amide bonds. The lowest BCUT2D eigenvalue weighted by Crippen LogP contribution is -2.31. The monoisotopic (exact) mass is 367 g/mol. The van der Waals surface area contributed by atoms with Crippen LogP contribution in [0.1, 0.15) is 39.5 Å². The van der Waals surface area contributed by atoms with Gasteiger partial charge in [0.05, 0.1) is 0 Å². The Morgan fingerprint density at radius 3 is 2.70 bits per heavy atom. The first kappa shape index (κ1) is 18.5. The highest BCUT2D eigenvalue weighted by molar-refractivity contribution is 5.95. The Balaban J connectivity index is 1.57. The van der Waals surface area contributed by atoms with E-state index >= 15 is 0 Å². The summed E-state index contributed by atoms with van der Waals surface area (Å²) in [5.74, 6) is 0.630. The number of carbonyl (C=O) groups excluding carboxylic acids is 1. The van der Waals surface area contributed by atoms with Crippen molar-refractivity contribution >= 4 is 5.91 Å². The lowest BCUT2D eigenvalue weighted by molar-refractivity contribution is 0.0949. The van der Waals surface area contributed by atoms with Gasteiger partial charge >= 0.3 is 5.63 Å². The summed E-state index contributed by atoms with van der Waals surface area (Å²) in [6.07, 6.45) is 2.83. The Morgan fingerprint density at radius 2 is 2.00 bits per heavy atom. The van der Waals surface area contributed by atoms with E-state index in [-0.39, 0.29) is 5.56 Å². The summed E-state index contributed by atoms with van der Waals surface area (Å²) >= 11 is 0. The summed E-state index contributed by atoms with van der Waals surface area (Å²) in [5.41, 5.74) is 1.28. The summed E-state index contributed by atoms with van der Waals surface area (Å²) in [6.45, 7) is 2.04. The molecular weight excluding hydrogens is 346 g/mol. The summed E-state index contributed by atoms with van der Waals surface area (Å²) in [7, 11) is 0. The molecule has 2 aromatic heterocycles. The molecule has 0 bridgehead atoms. The summed E-state index contributed by atoms with van der Waals surface area (Å²) in [6, 6.07) is 11.9. The van der Waals surface area contributed by atoms with Crippen LogP contribution in [0.15, 0.2) is 45.6 Å². The van der Waals surface area contributed by atoms with E-state index in [4.69, 9.17) is 4.42 Å². The molecular formula is C19H21N5O3.